The Balaban J connectivity index is 1.38. The van der Waals surface area contributed by atoms with Crippen molar-refractivity contribution in [3.05, 3.63) is 83.2 Å². The van der Waals surface area contributed by atoms with Gasteiger partial charge in [0.2, 0.25) is 5.82 Å². The van der Waals surface area contributed by atoms with E-state index in [2.05, 4.69) is 13.8 Å². The standard InChI is InChI=1S/C30H33F3O2/c1-3-4-17-34-27-15-13-24(18-26(27)31)22-11-7-21(8-12-22)19-35-28-16-14-25(29(32)30(28)33)23-9-5-20(2)6-10-23/h7-8,11-16,18,20,23H,3-6,9-10,17,19H2,1-2H3. The molecule has 0 saturated heterocycles. The average Bonchev–Trinajstić information content (AvgIpc) is 2.87. The lowest BCUT2D eigenvalue weighted by Crippen LogP contribution is -2.13. The molecule has 4 rings (SSSR count). The van der Waals surface area contributed by atoms with Gasteiger partial charge in [0.1, 0.15) is 6.61 Å². The van der Waals surface area contributed by atoms with Crippen LogP contribution in [0, 0.1) is 23.4 Å². The third kappa shape index (κ3) is 6.19. The molecule has 0 heterocycles. The summed E-state index contributed by atoms with van der Waals surface area (Å²) in [7, 11) is 0. The zero-order valence-corrected chi connectivity index (χ0v) is 20.5. The van der Waals surface area contributed by atoms with Crippen LogP contribution in [0.15, 0.2) is 54.6 Å². The van der Waals surface area contributed by atoms with E-state index in [0.29, 0.717) is 18.1 Å². The van der Waals surface area contributed by atoms with E-state index in [1.54, 1.807) is 12.1 Å². The average molecular weight is 483 g/mol. The Bertz CT molecular complexity index is 1120. The highest BCUT2D eigenvalue weighted by atomic mass is 19.2. The van der Waals surface area contributed by atoms with Crippen molar-refractivity contribution in [2.45, 2.75) is 64.9 Å². The Morgan fingerprint density at radius 3 is 2.14 bits per heavy atom. The fraction of sp³-hybridized carbons (Fsp3) is 0.400. The monoisotopic (exact) mass is 482 g/mol. The first-order chi connectivity index (χ1) is 17.0. The van der Waals surface area contributed by atoms with Crippen LogP contribution in [0.5, 0.6) is 11.5 Å². The number of halogens is 3. The smallest absolute Gasteiger partial charge is 0.200 e. The minimum atomic E-state index is -0.922. The maximum Gasteiger partial charge on any atom is 0.200 e. The zero-order valence-electron chi connectivity index (χ0n) is 20.5. The molecule has 1 aliphatic rings. The largest absolute Gasteiger partial charge is 0.491 e. The van der Waals surface area contributed by atoms with Crippen molar-refractivity contribution >= 4 is 0 Å². The first-order valence-electron chi connectivity index (χ1n) is 12.6. The quantitative estimate of drug-likeness (QED) is 0.284. The molecule has 0 unspecified atom stereocenters. The molecule has 186 valence electrons. The van der Waals surface area contributed by atoms with Crippen LogP contribution < -0.4 is 9.47 Å². The highest BCUT2D eigenvalue weighted by molar-refractivity contribution is 5.64. The fourth-order valence-electron chi connectivity index (χ4n) is 4.62. The molecule has 0 radical (unpaired) electrons. The van der Waals surface area contributed by atoms with Gasteiger partial charge < -0.3 is 9.47 Å². The van der Waals surface area contributed by atoms with E-state index >= 15 is 0 Å². The molecule has 0 amide bonds. The normalized spacial score (nSPS) is 17.9. The van der Waals surface area contributed by atoms with Gasteiger partial charge >= 0.3 is 0 Å². The van der Waals surface area contributed by atoms with Crippen LogP contribution in [0.4, 0.5) is 13.2 Å². The number of rotatable bonds is 9. The number of hydrogen-bond acceptors (Lipinski definition) is 2. The molecular weight excluding hydrogens is 449 g/mol. The summed E-state index contributed by atoms with van der Waals surface area (Å²) in [6, 6.07) is 15.5. The molecule has 3 aromatic carbocycles. The predicted molar refractivity (Wildman–Crippen MR) is 133 cm³/mol. The molecule has 0 atom stereocenters. The zero-order chi connectivity index (χ0) is 24.8. The predicted octanol–water partition coefficient (Wildman–Crippen LogP) is 8.82. The Morgan fingerprint density at radius 1 is 0.771 bits per heavy atom. The number of ether oxygens (including phenoxy) is 2. The first-order valence-corrected chi connectivity index (χ1v) is 12.6. The summed E-state index contributed by atoms with van der Waals surface area (Å²) >= 11 is 0. The van der Waals surface area contributed by atoms with E-state index in [0.717, 1.165) is 55.2 Å². The molecule has 2 nitrogen and oxygen atoms in total. The third-order valence-corrected chi connectivity index (χ3v) is 6.90. The molecule has 0 aliphatic heterocycles. The van der Waals surface area contributed by atoms with E-state index in [4.69, 9.17) is 9.47 Å². The Morgan fingerprint density at radius 2 is 1.46 bits per heavy atom. The van der Waals surface area contributed by atoms with Gasteiger partial charge in [-0.05, 0) is 71.6 Å². The topological polar surface area (TPSA) is 18.5 Å². The van der Waals surface area contributed by atoms with Gasteiger partial charge in [-0.15, -0.1) is 0 Å². The van der Waals surface area contributed by atoms with Crippen molar-refractivity contribution in [3.63, 3.8) is 0 Å². The summed E-state index contributed by atoms with van der Waals surface area (Å²) in [5, 5.41) is 0. The van der Waals surface area contributed by atoms with Gasteiger partial charge in [0.15, 0.2) is 23.1 Å². The van der Waals surface area contributed by atoms with Crippen LogP contribution >= 0.6 is 0 Å². The molecule has 35 heavy (non-hydrogen) atoms. The van der Waals surface area contributed by atoms with Crippen molar-refractivity contribution in [2.75, 3.05) is 6.61 Å². The van der Waals surface area contributed by atoms with Gasteiger partial charge in [-0.2, -0.15) is 4.39 Å². The lowest BCUT2D eigenvalue weighted by Gasteiger charge is -2.27. The molecule has 0 aromatic heterocycles. The molecular formula is C30H33F3O2. The van der Waals surface area contributed by atoms with Gasteiger partial charge in [0.25, 0.3) is 0 Å². The SMILES string of the molecule is CCCCOc1ccc(-c2ccc(COc3ccc(C4CCC(C)CC4)c(F)c3F)cc2)cc1F. The number of benzene rings is 3. The van der Waals surface area contributed by atoms with Crippen LogP contribution in [0.25, 0.3) is 11.1 Å². The Kier molecular flexibility index (Phi) is 8.37. The van der Waals surface area contributed by atoms with Crippen molar-refractivity contribution in [1.29, 1.82) is 0 Å². The second-order valence-electron chi connectivity index (χ2n) is 9.57. The van der Waals surface area contributed by atoms with E-state index < -0.39 is 17.5 Å². The second-order valence-corrected chi connectivity index (χ2v) is 9.57. The molecule has 5 heteroatoms. The van der Waals surface area contributed by atoms with E-state index in [9.17, 15) is 13.2 Å². The molecule has 0 spiro atoms. The van der Waals surface area contributed by atoms with Crippen LogP contribution in [0.2, 0.25) is 0 Å². The highest BCUT2D eigenvalue weighted by Crippen LogP contribution is 2.38. The molecule has 3 aromatic rings. The summed E-state index contributed by atoms with van der Waals surface area (Å²) < 4.78 is 54.9. The summed E-state index contributed by atoms with van der Waals surface area (Å²) in [6.07, 6.45) is 5.74. The van der Waals surface area contributed by atoms with Gasteiger partial charge in [-0.3, -0.25) is 0 Å². The van der Waals surface area contributed by atoms with E-state index in [-0.39, 0.29) is 24.0 Å². The maximum atomic E-state index is 14.8. The summed E-state index contributed by atoms with van der Waals surface area (Å²) in [4.78, 5) is 0. The van der Waals surface area contributed by atoms with Crippen LogP contribution in [-0.4, -0.2) is 6.61 Å². The first kappa shape index (κ1) is 25.2. The summed E-state index contributed by atoms with van der Waals surface area (Å²) in [5.41, 5.74) is 2.84. The van der Waals surface area contributed by atoms with Crippen molar-refractivity contribution in [2.24, 2.45) is 5.92 Å². The van der Waals surface area contributed by atoms with Crippen LogP contribution in [0.1, 0.15) is 69.4 Å². The van der Waals surface area contributed by atoms with E-state index in [1.807, 2.05) is 30.3 Å². The molecule has 1 saturated carbocycles. The van der Waals surface area contributed by atoms with Gasteiger partial charge in [0, 0.05) is 0 Å². The van der Waals surface area contributed by atoms with Gasteiger partial charge in [0.05, 0.1) is 6.61 Å². The van der Waals surface area contributed by atoms with Crippen molar-refractivity contribution < 1.29 is 22.6 Å². The third-order valence-electron chi connectivity index (χ3n) is 6.90. The molecule has 0 N–H and O–H groups in total. The van der Waals surface area contributed by atoms with Crippen molar-refractivity contribution in [1.82, 2.24) is 0 Å². The molecule has 1 fully saturated rings. The number of unbranched alkanes of at least 4 members (excludes halogenated alkanes) is 1. The van der Waals surface area contributed by atoms with Crippen molar-refractivity contribution in [3.8, 4) is 22.6 Å². The minimum absolute atomic E-state index is 0.0732. The van der Waals surface area contributed by atoms with Gasteiger partial charge in [-0.25, -0.2) is 8.78 Å². The van der Waals surface area contributed by atoms with Crippen LogP contribution in [0.3, 0.4) is 0 Å². The number of hydrogen-bond donors (Lipinski definition) is 0. The minimum Gasteiger partial charge on any atom is -0.491 e. The molecule has 0 bridgehead atoms. The maximum absolute atomic E-state index is 14.8. The second kappa shape index (κ2) is 11.7. The Labute approximate surface area is 206 Å². The summed E-state index contributed by atoms with van der Waals surface area (Å²) in [5.74, 6) is -1.21. The highest BCUT2D eigenvalue weighted by Gasteiger charge is 2.25. The molecule has 1 aliphatic carbocycles. The lowest BCUT2D eigenvalue weighted by atomic mass is 9.79. The van der Waals surface area contributed by atoms with Crippen LogP contribution in [-0.2, 0) is 6.61 Å². The Hall–Kier alpha value is -2.95. The fourth-order valence-corrected chi connectivity index (χ4v) is 4.62. The lowest BCUT2D eigenvalue weighted by molar-refractivity contribution is 0.282. The van der Waals surface area contributed by atoms with Gasteiger partial charge in [-0.1, -0.05) is 69.5 Å². The van der Waals surface area contributed by atoms with E-state index in [1.165, 1.54) is 12.1 Å². The summed E-state index contributed by atoms with van der Waals surface area (Å²) in [6.45, 7) is 4.86.